The molecule has 0 saturated heterocycles. The summed E-state index contributed by atoms with van der Waals surface area (Å²) in [5.74, 6) is 0. The molecule has 0 saturated carbocycles. The van der Waals surface area contributed by atoms with Gasteiger partial charge in [0.2, 0.25) is 0 Å². The fourth-order valence-electron chi connectivity index (χ4n) is 1.21. The molecule has 1 aromatic carbocycles. The topological polar surface area (TPSA) is 21.6 Å². The van der Waals surface area contributed by atoms with E-state index in [2.05, 4.69) is 43.3 Å². The zero-order valence-corrected chi connectivity index (χ0v) is 9.08. The highest BCUT2D eigenvalue weighted by atomic mass is 16.6. The number of hydrogen-bond donors (Lipinski definition) is 0. The molecule has 0 bridgehead atoms. The van der Waals surface area contributed by atoms with E-state index < -0.39 is 0 Å². The molecule has 2 heteroatoms. The Morgan fingerprint density at radius 3 is 2.36 bits per heavy atom. The van der Waals surface area contributed by atoms with Crippen LogP contribution in [0.1, 0.15) is 31.4 Å². The summed E-state index contributed by atoms with van der Waals surface area (Å²) in [4.78, 5) is 5.06. The molecule has 0 atom stereocenters. The van der Waals surface area contributed by atoms with Crippen molar-refractivity contribution in [1.82, 2.24) is 0 Å². The molecule has 0 radical (unpaired) electrons. The van der Waals surface area contributed by atoms with Gasteiger partial charge in [-0.3, -0.25) is 0 Å². The van der Waals surface area contributed by atoms with Crippen LogP contribution in [0.2, 0.25) is 0 Å². The molecule has 1 rings (SSSR count). The summed E-state index contributed by atoms with van der Waals surface area (Å²) < 4.78 is 0. The van der Waals surface area contributed by atoms with E-state index in [1.54, 1.807) is 0 Å². The van der Waals surface area contributed by atoms with Crippen LogP contribution in [-0.2, 0) is 4.84 Å². The molecule has 14 heavy (non-hydrogen) atoms. The van der Waals surface area contributed by atoms with Crippen LogP contribution < -0.4 is 0 Å². The van der Waals surface area contributed by atoms with E-state index >= 15 is 0 Å². The van der Waals surface area contributed by atoms with Gasteiger partial charge < -0.3 is 4.84 Å². The summed E-state index contributed by atoms with van der Waals surface area (Å²) in [6.07, 6.45) is 0.892. The fourth-order valence-corrected chi connectivity index (χ4v) is 1.21. The first-order chi connectivity index (χ1) is 6.77. The van der Waals surface area contributed by atoms with E-state index in [-0.39, 0.29) is 0 Å². The lowest BCUT2D eigenvalue weighted by atomic mass is 10.1. The van der Waals surface area contributed by atoms with E-state index in [1.165, 1.54) is 5.56 Å². The highest BCUT2D eigenvalue weighted by Crippen LogP contribution is 2.07. The van der Waals surface area contributed by atoms with Gasteiger partial charge in [-0.25, -0.2) is 0 Å². The molecule has 0 aliphatic rings. The summed E-state index contributed by atoms with van der Waals surface area (Å²) in [5, 5.41) is 4.08. The Morgan fingerprint density at radius 2 is 1.86 bits per heavy atom. The first-order valence-electron chi connectivity index (χ1n) is 5.03. The highest BCUT2D eigenvalue weighted by molar-refractivity contribution is 6.00. The largest absolute Gasteiger partial charge is 0.396 e. The predicted octanol–water partition coefficient (Wildman–Crippen LogP) is 3.15. The van der Waals surface area contributed by atoms with Crippen molar-refractivity contribution in [3.8, 4) is 0 Å². The monoisotopic (exact) mass is 191 g/mol. The maximum absolute atomic E-state index is 5.06. The molecule has 0 aliphatic carbocycles. The third-order valence-electron chi connectivity index (χ3n) is 2.02. The number of oxime groups is 1. The third-order valence-corrected chi connectivity index (χ3v) is 2.02. The smallest absolute Gasteiger partial charge is 0.114 e. The van der Waals surface area contributed by atoms with Crippen molar-refractivity contribution in [3.05, 3.63) is 35.4 Å². The van der Waals surface area contributed by atoms with E-state index in [1.807, 2.05) is 6.92 Å². The van der Waals surface area contributed by atoms with Gasteiger partial charge in [-0.15, -0.1) is 0 Å². The summed E-state index contributed by atoms with van der Waals surface area (Å²) in [6, 6.07) is 8.34. The molecule has 1 aromatic rings. The van der Waals surface area contributed by atoms with Gasteiger partial charge in [0.05, 0.1) is 5.71 Å². The number of aryl methyl sites for hydroxylation is 1. The third kappa shape index (κ3) is 2.87. The molecule has 0 aliphatic heterocycles. The van der Waals surface area contributed by atoms with Gasteiger partial charge in [0.1, 0.15) is 6.61 Å². The highest BCUT2D eigenvalue weighted by Gasteiger charge is 2.00. The Kier molecular flexibility index (Phi) is 4.17. The lowest BCUT2D eigenvalue weighted by Crippen LogP contribution is -2.00. The fraction of sp³-hybridized carbons (Fsp3) is 0.417. The maximum Gasteiger partial charge on any atom is 0.114 e. The Balaban J connectivity index is 2.84. The molecule has 0 fully saturated rings. The number of nitrogens with zero attached hydrogens (tertiary/aromatic N) is 1. The van der Waals surface area contributed by atoms with Crippen molar-refractivity contribution in [3.63, 3.8) is 0 Å². The zero-order valence-electron chi connectivity index (χ0n) is 9.08. The van der Waals surface area contributed by atoms with Gasteiger partial charge in [-0.2, -0.15) is 0 Å². The molecule has 0 amide bonds. The first kappa shape index (κ1) is 10.8. The van der Waals surface area contributed by atoms with Gasteiger partial charge >= 0.3 is 0 Å². The SMILES string of the molecule is CCON=C(CC)c1ccc(C)cc1. The summed E-state index contributed by atoms with van der Waals surface area (Å²) >= 11 is 0. The second-order valence-corrected chi connectivity index (χ2v) is 3.18. The summed E-state index contributed by atoms with van der Waals surface area (Å²) in [5.41, 5.74) is 3.42. The second-order valence-electron chi connectivity index (χ2n) is 3.18. The van der Waals surface area contributed by atoms with Crippen LogP contribution in [-0.4, -0.2) is 12.3 Å². The van der Waals surface area contributed by atoms with Crippen LogP contribution in [0.3, 0.4) is 0 Å². The summed E-state index contributed by atoms with van der Waals surface area (Å²) in [6.45, 7) is 6.72. The Morgan fingerprint density at radius 1 is 1.21 bits per heavy atom. The minimum Gasteiger partial charge on any atom is -0.396 e. The molecular weight excluding hydrogens is 174 g/mol. The van der Waals surface area contributed by atoms with Crippen molar-refractivity contribution in [2.24, 2.45) is 5.16 Å². The molecular formula is C12H17NO. The van der Waals surface area contributed by atoms with E-state index in [4.69, 9.17) is 4.84 Å². The first-order valence-corrected chi connectivity index (χ1v) is 5.03. The molecule has 0 aromatic heterocycles. The molecule has 0 unspecified atom stereocenters. The van der Waals surface area contributed by atoms with Crippen molar-refractivity contribution in [1.29, 1.82) is 0 Å². The van der Waals surface area contributed by atoms with E-state index in [0.717, 1.165) is 17.7 Å². The van der Waals surface area contributed by atoms with E-state index in [9.17, 15) is 0 Å². The van der Waals surface area contributed by atoms with Crippen LogP contribution in [0.5, 0.6) is 0 Å². The molecule has 0 N–H and O–H groups in total. The average Bonchev–Trinajstić information content (AvgIpc) is 2.21. The van der Waals surface area contributed by atoms with Gasteiger partial charge in [-0.1, -0.05) is 41.9 Å². The molecule has 2 nitrogen and oxygen atoms in total. The quantitative estimate of drug-likeness (QED) is 0.529. The minimum absolute atomic E-state index is 0.620. The number of hydrogen-bond acceptors (Lipinski definition) is 2. The van der Waals surface area contributed by atoms with Crippen LogP contribution >= 0.6 is 0 Å². The number of benzene rings is 1. The van der Waals surface area contributed by atoms with Gasteiger partial charge in [0.25, 0.3) is 0 Å². The summed E-state index contributed by atoms with van der Waals surface area (Å²) in [7, 11) is 0. The molecule has 0 spiro atoms. The van der Waals surface area contributed by atoms with Crippen LogP contribution in [0.4, 0.5) is 0 Å². The second kappa shape index (κ2) is 5.43. The standard InChI is InChI=1S/C12H17NO/c1-4-12(13-14-5-2)11-8-6-10(3)7-9-11/h6-9H,4-5H2,1-3H3. The van der Waals surface area contributed by atoms with Crippen LogP contribution in [0, 0.1) is 6.92 Å². The van der Waals surface area contributed by atoms with Gasteiger partial charge in [0.15, 0.2) is 0 Å². The Bertz CT molecular complexity index is 301. The van der Waals surface area contributed by atoms with Crippen LogP contribution in [0.15, 0.2) is 29.4 Å². The van der Waals surface area contributed by atoms with Crippen molar-refractivity contribution >= 4 is 5.71 Å². The maximum atomic E-state index is 5.06. The normalized spacial score (nSPS) is 11.5. The Hall–Kier alpha value is -1.31. The predicted molar refractivity (Wildman–Crippen MR) is 59.6 cm³/mol. The van der Waals surface area contributed by atoms with Crippen molar-refractivity contribution in [2.75, 3.05) is 6.61 Å². The molecule has 76 valence electrons. The van der Waals surface area contributed by atoms with Crippen molar-refractivity contribution < 1.29 is 4.84 Å². The minimum atomic E-state index is 0.620. The lowest BCUT2D eigenvalue weighted by Gasteiger charge is -2.03. The van der Waals surface area contributed by atoms with Gasteiger partial charge in [-0.05, 0) is 25.8 Å². The lowest BCUT2D eigenvalue weighted by molar-refractivity contribution is 0.158. The zero-order chi connectivity index (χ0) is 10.4. The van der Waals surface area contributed by atoms with E-state index in [0.29, 0.717) is 6.61 Å². The van der Waals surface area contributed by atoms with Crippen molar-refractivity contribution in [2.45, 2.75) is 27.2 Å². The van der Waals surface area contributed by atoms with Crippen LogP contribution in [0.25, 0.3) is 0 Å². The average molecular weight is 191 g/mol. The number of rotatable bonds is 4. The Labute approximate surface area is 85.6 Å². The van der Waals surface area contributed by atoms with Gasteiger partial charge in [0, 0.05) is 0 Å². The molecule has 0 heterocycles.